The number of rotatable bonds is 9. The first-order valence-electron chi connectivity index (χ1n) is 13.9. The van der Waals surface area contributed by atoms with Crippen LogP contribution in [0, 0.1) is 6.92 Å². The number of halogens is 1. The number of hydrogen-bond acceptors (Lipinski definition) is 7. The topological polar surface area (TPSA) is 93.2 Å². The van der Waals surface area contributed by atoms with Crippen LogP contribution < -0.4 is 15.4 Å². The summed E-state index contributed by atoms with van der Waals surface area (Å²) < 4.78 is 32.3. The van der Waals surface area contributed by atoms with Crippen LogP contribution in [-0.2, 0) is 9.84 Å². The van der Waals surface area contributed by atoms with Crippen molar-refractivity contribution < 1.29 is 13.2 Å². The lowest BCUT2D eigenvalue weighted by molar-refractivity contribution is 0.121. The van der Waals surface area contributed by atoms with E-state index >= 15 is 0 Å². The van der Waals surface area contributed by atoms with Gasteiger partial charge >= 0.3 is 0 Å². The fourth-order valence-corrected chi connectivity index (χ4v) is 6.60. The minimum atomic E-state index is -3.51. The molecule has 0 atom stereocenters. The quantitative estimate of drug-likeness (QED) is 0.269. The van der Waals surface area contributed by atoms with Gasteiger partial charge in [-0.3, -0.25) is 0 Å². The summed E-state index contributed by atoms with van der Waals surface area (Å²) in [6, 6.07) is 11.1. The van der Waals surface area contributed by atoms with Crippen LogP contribution >= 0.6 is 11.6 Å². The Bertz CT molecular complexity index is 1430. The van der Waals surface area contributed by atoms with Gasteiger partial charge < -0.3 is 15.4 Å². The van der Waals surface area contributed by atoms with Crippen LogP contribution in [0.4, 0.5) is 23.1 Å². The molecular formula is C30H37ClN4O3S. The van der Waals surface area contributed by atoms with E-state index in [4.69, 9.17) is 16.3 Å². The molecule has 0 radical (unpaired) electrons. The second-order valence-electron chi connectivity index (χ2n) is 10.9. The molecule has 208 valence electrons. The molecule has 2 N–H and O–H groups in total. The molecule has 7 nitrogen and oxygen atoms in total. The van der Waals surface area contributed by atoms with Crippen LogP contribution in [0.5, 0.6) is 5.75 Å². The molecule has 39 heavy (non-hydrogen) atoms. The van der Waals surface area contributed by atoms with E-state index in [9.17, 15) is 8.42 Å². The van der Waals surface area contributed by atoms with E-state index in [1.165, 1.54) is 55.8 Å². The molecule has 2 aliphatic carbocycles. The first-order chi connectivity index (χ1) is 18.7. The lowest BCUT2D eigenvalue weighted by Crippen LogP contribution is -2.25. The first kappa shape index (κ1) is 27.7. The normalized spacial score (nSPS) is 16.6. The summed E-state index contributed by atoms with van der Waals surface area (Å²) in [5.41, 5.74) is 3.83. The molecule has 0 aliphatic heterocycles. The molecule has 2 aliphatic rings. The third kappa shape index (κ3) is 6.17. The lowest BCUT2D eigenvalue weighted by Gasteiger charge is -2.30. The number of aryl methyl sites for hydroxylation is 1. The van der Waals surface area contributed by atoms with Gasteiger partial charge in [0.1, 0.15) is 10.8 Å². The largest absolute Gasteiger partial charge is 0.488 e. The zero-order valence-electron chi connectivity index (χ0n) is 22.8. The standard InChI is InChI=1S/C30H37ClN4O3S/c1-19(2)39(36,37)28-15-8-7-14-25(28)33-29-24(31)18-32-30(35-29)34-26-16-20(3)23(21-10-5-4-6-11-21)17-27(26)38-22-12-9-13-22/h7-8,14-19,21-22H,4-6,9-13H2,1-3H3,(H2,32,33,34,35). The van der Waals surface area contributed by atoms with Crippen molar-refractivity contribution in [2.24, 2.45) is 0 Å². The Morgan fingerprint density at radius 2 is 1.72 bits per heavy atom. The summed E-state index contributed by atoms with van der Waals surface area (Å²) in [4.78, 5) is 9.22. The number of para-hydroxylation sites is 1. The van der Waals surface area contributed by atoms with Crippen LogP contribution in [0.2, 0.25) is 5.02 Å². The van der Waals surface area contributed by atoms with Gasteiger partial charge in [-0.15, -0.1) is 0 Å². The predicted octanol–water partition coefficient (Wildman–Crippen LogP) is 8.09. The molecular weight excluding hydrogens is 532 g/mol. The Morgan fingerprint density at radius 1 is 0.974 bits per heavy atom. The van der Waals surface area contributed by atoms with Crippen LogP contribution in [0.15, 0.2) is 47.5 Å². The van der Waals surface area contributed by atoms with Gasteiger partial charge in [-0.1, -0.05) is 43.0 Å². The number of anilines is 4. The highest BCUT2D eigenvalue weighted by Gasteiger charge is 2.25. The van der Waals surface area contributed by atoms with E-state index in [0.29, 0.717) is 23.4 Å². The zero-order chi connectivity index (χ0) is 27.6. The van der Waals surface area contributed by atoms with Gasteiger partial charge in [0.2, 0.25) is 5.95 Å². The second kappa shape index (κ2) is 11.7. The predicted molar refractivity (Wildman–Crippen MR) is 158 cm³/mol. The molecule has 0 unspecified atom stereocenters. The summed E-state index contributed by atoms with van der Waals surface area (Å²) in [5.74, 6) is 2.06. The summed E-state index contributed by atoms with van der Waals surface area (Å²) in [7, 11) is -3.51. The molecule has 2 aromatic carbocycles. The molecule has 1 heterocycles. The zero-order valence-corrected chi connectivity index (χ0v) is 24.4. The van der Waals surface area contributed by atoms with Crippen LogP contribution in [0.25, 0.3) is 0 Å². The Kier molecular flexibility index (Phi) is 8.33. The van der Waals surface area contributed by atoms with Gasteiger partial charge in [-0.2, -0.15) is 4.98 Å². The number of hydrogen-bond donors (Lipinski definition) is 2. The second-order valence-corrected chi connectivity index (χ2v) is 13.8. The van der Waals surface area contributed by atoms with E-state index in [0.717, 1.165) is 24.3 Å². The van der Waals surface area contributed by atoms with Gasteiger partial charge in [0.25, 0.3) is 0 Å². The maximum Gasteiger partial charge on any atom is 0.229 e. The number of ether oxygens (including phenoxy) is 1. The maximum absolute atomic E-state index is 12.9. The highest BCUT2D eigenvalue weighted by atomic mass is 35.5. The molecule has 2 fully saturated rings. The third-order valence-corrected chi connectivity index (χ3v) is 10.3. The number of nitrogens with zero attached hydrogens (tertiary/aromatic N) is 2. The van der Waals surface area contributed by atoms with Gasteiger partial charge in [0.05, 0.1) is 33.8 Å². The molecule has 0 saturated heterocycles. The fraction of sp³-hybridized carbons (Fsp3) is 0.467. The fourth-order valence-electron chi connectivity index (χ4n) is 5.26. The van der Waals surface area contributed by atoms with Crippen LogP contribution in [0.1, 0.15) is 82.3 Å². The highest BCUT2D eigenvalue weighted by molar-refractivity contribution is 7.92. The van der Waals surface area contributed by atoms with Crippen molar-refractivity contribution >= 4 is 44.6 Å². The maximum atomic E-state index is 12.9. The summed E-state index contributed by atoms with van der Waals surface area (Å²) >= 11 is 6.45. The van der Waals surface area contributed by atoms with Crippen molar-refractivity contribution in [3.05, 3.63) is 58.7 Å². The van der Waals surface area contributed by atoms with E-state index in [2.05, 4.69) is 39.7 Å². The molecule has 3 aromatic rings. The van der Waals surface area contributed by atoms with E-state index in [1.54, 1.807) is 38.1 Å². The van der Waals surface area contributed by atoms with Gasteiger partial charge in [-0.25, -0.2) is 13.4 Å². The Balaban J connectivity index is 1.45. The van der Waals surface area contributed by atoms with E-state index in [-0.39, 0.29) is 16.0 Å². The molecule has 0 spiro atoms. The van der Waals surface area contributed by atoms with Crippen LogP contribution in [0.3, 0.4) is 0 Å². The van der Waals surface area contributed by atoms with Gasteiger partial charge in [-0.05, 0) is 94.2 Å². The Hall–Kier alpha value is -2.84. The molecule has 2 saturated carbocycles. The molecule has 0 amide bonds. The van der Waals surface area contributed by atoms with Gasteiger partial charge in [0, 0.05) is 0 Å². The number of sulfone groups is 1. The van der Waals surface area contributed by atoms with Crippen molar-refractivity contribution in [2.75, 3.05) is 10.6 Å². The summed E-state index contributed by atoms with van der Waals surface area (Å²) in [6.07, 6.45) is 11.4. The van der Waals surface area contributed by atoms with Gasteiger partial charge in [0.15, 0.2) is 15.7 Å². The van der Waals surface area contributed by atoms with E-state index < -0.39 is 15.1 Å². The van der Waals surface area contributed by atoms with Crippen molar-refractivity contribution in [2.45, 2.75) is 94.3 Å². The number of benzene rings is 2. The average molecular weight is 569 g/mol. The van der Waals surface area contributed by atoms with Crippen molar-refractivity contribution in [3.8, 4) is 5.75 Å². The van der Waals surface area contributed by atoms with Crippen molar-refractivity contribution in [1.82, 2.24) is 9.97 Å². The van der Waals surface area contributed by atoms with Crippen molar-refractivity contribution in [1.29, 1.82) is 0 Å². The highest BCUT2D eigenvalue weighted by Crippen LogP contribution is 2.41. The van der Waals surface area contributed by atoms with E-state index in [1.807, 2.05) is 0 Å². The average Bonchev–Trinajstić information content (AvgIpc) is 2.89. The first-order valence-corrected chi connectivity index (χ1v) is 15.9. The lowest BCUT2D eigenvalue weighted by atomic mass is 9.82. The molecule has 1 aromatic heterocycles. The smallest absolute Gasteiger partial charge is 0.229 e. The van der Waals surface area contributed by atoms with Crippen LogP contribution in [-0.4, -0.2) is 29.7 Å². The SMILES string of the molecule is Cc1cc(Nc2ncc(Cl)c(Nc3ccccc3S(=O)(=O)C(C)C)n2)c(OC2CCC2)cc1C1CCCCC1. The molecule has 9 heteroatoms. The Labute approximate surface area is 236 Å². The van der Waals surface area contributed by atoms with Crippen molar-refractivity contribution in [3.63, 3.8) is 0 Å². The number of nitrogens with one attached hydrogen (secondary N) is 2. The minimum absolute atomic E-state index is 0.203. The third-order valence-electron chi connectivity index (χ3n) is 7.82. The number of aromatic nitrogens is 2. The monoisotopic (exact) mass is 568 g/mol. The summed E-state index contributed by atoms with van der Waals surface area (Å²) in [6.45, 7) is 5.48. The molecule has 0 bridgehead atoms. The molecule has 5 rings (SSSR count). The minimum Gasteiger partial charge on any atom is -0.488 e. The Morgan fingerprint density at radius 3 is 2.41 bits per heavy atom. The summed E-state index contributed by atoms with van der Waals surface area (Å²) in [5, 5.41) is 6.19.